The van der Waals surface area contributed by atoms with E-state index >= 15 is 0 Å². The van der Waals surface area contributed by atoms with E-state index in [2.05, 4.69) is 18.7 Å². The number of ether oxygens (including phenoxy) is 2. The Labute approximate surface area is 113 Å². The molecule has 0 N–H and O–H groups in total. The van der Waals surface area contributed by atoms with Crippen LogP contribution in [0.3, 0.4) is 0 Å². The van der Waals surface area contributed by atoms with Crippen molar-refractivity contribution in [3.05, 3.63) is 0 Å². The lowest BCUT2D eigenvalue weighted by Gasteiger charge is -2.25. The number of nitrogens with zero attached hydrogens (tertiary/aromatic N) is 1. The Morgan fingerprint density at radius 1 is 1.06 bits per heavy atom. The van der Waals surface area contributed by atoms with Gasteiger partial charge >= 0.3 is 0 Å². The molecule has 3 nitrogen and oxygen atoms in total. The number of hydrogen-bond acceptors (Lipinski definition) is 3. The third kappa shape index (κ3) is 6.17. The minimum Gasteiger partial charge on any atom is -0.353 e. The SMILES string of the molecule is CCOC(CCN1CCCC(C)(C)CC1)OCC. The smallest absolute Gasteiger partial charge is 0.158 e. The fourth-order valence-corrected chi connectivity index (χ4v) is 2.58. The Morgan fingerprint density at radius 2 is 1.72 bits per heavy atom. The van der Waals surface area contributed by atoms with Crippen LogP contribution in [0.1, 0.15) is 53.4 Å². The minimum absolute atomic E-state index is 0.0173. The summed E-state index contributed by atoms with van der Waals surface area (Å²) in [6, 6.07) is 0. The zero-order valence-electron chi connectivity index (χ0n) is 12.7. The zero-order valence-corrected chi connectivity index (χ0v) is 12.7. The van der Waals surface area contributed by atoms with Crippen LogP contribution >= 0.6 is 0 Å². The van der Waals surface area contributed by atoms with Crippen LogP contribution in [-0.4, -0.2) is 44.0 Å². The molecule has 1 heterocycles. The molecule has 1 rings (SSSR count). The van der Waals surface area contributed by atoms with E-state index in [-0.39, 0.29) is 6.29 Å². The van der Waals surface area contributed by atoms with Gasteiger partial charge in [-0.3, -0.25) is 0 Å². The second kappa shape index (κ2) is 8.13. The normalized spacial score (nSPS) is 21.2. The summed E-state index contributed by atoms with van der Waals surface area (Å²) in [5.41, 5.74) is 0.522. The second-order valence-electron chi connectivity index (χ2n) is 5.99. The van der Waals surface area contributed by atoms with Gasteiger partial charge in [0.15, 0.2) is 6.29 Å². The highest BCUT2D eigenvalue weighted by atomic mass is 16.7. The van der Waals surface area contributed by atoms with Gasteiger partial charge in [-0.2, -0.15) is 0 Å². The summed E-state index contributed by atoms with van der Waals surface area (Å²) in [4.78, 5) is 2.57. The van der Waals surface area contributed by atoms with Gasteiger partial charge in [-0.1, -0.05) is 13.8 Å². The molecule has 0 unspecified atom stereocenters. The number of hydrogen-bond donors (Lipinski definition) is 0. The summed E-state index contributed by atoms with van der Waals surface area (Å²) >= 11 is 0. The fourth-order valence-electron chi connectivity index (χ4n) is 2.58. The van der Waals surface area contributed by atoms with Crippen LogP contribution in [0.15, 0.2) is 0 Å². The average molecular weight is 257 g/mol. The van der Waals surface area contributed by atoms with Gasteiger partial charge in [0.05, 0.1) is 0 Å². The summed E-state index contributed by atoms with van der Waals surface area (Å²) < 4.78 is 11.2. The maximum Gasteiger partial charge on any atom is 0.158 e. The van der Waals surface area contributed by atoms with Crippen LogP contribution in [0.4, 0.5) is 0 Å². The Balaban J connectivity index is 2.28. The Kier molecular flexibility index (Phi) is 7.20. The largest absolute Gasteiger partial charge is 0.353 e. The summed E-state index contributed by atoms with van der Waals surface area (Å²) in [5, 5.41) is 0. The molecule has 1 fully saturated rings. The van der Waals surface area contributed by atoms with Crippen LogP contribution in [0.25, 0.3) is 0 Å². The molecule has 0 aromatic carbocycles. The second-order valence-corrected chi connectivity index (χ2v) is 5.99. The van der Waals surface area contributed by atoms with Crippen molar-refractivity contribution in [3.8, 4) is 0 Å². The summed E-state index contributed by atoms with van der Waals surface area (Å²) in [7, 11) is 0. The lowest BCUT2D eigenvalue weighted by atomic mass is 9.85. The van der Waals surface area contributed by atoms with E-state index in [0.29, 0.717) is 5.41 Å². The Hall–Kier alpha value is -0.120. The molecule has 0 aromatic heterocycles. The first-order chi connectivity index (χ1) is 8.57. The van der Waals surface area contributed by atoms with Crippen molar-refractivity contribution in [2.45, 2.75) is 59.7 Å². The van der Waals surface area contributed by atoms with Crippen LogP contribution in [0, 0.1) is 5.41 Å². The molecule has 0 spiro atoms. The molecule has 18 heavy (non-hydrogen) atoms. The van der Waals surface area contributed by atoms with E-state index in [9.17, 15) is 0 Å². The van der Waals surface area contributed by atoms with Crippen molar-refractivity contribution in [3.63, 3.8) is 0 Å². The molecule has 0 aliphatic carbocycles. The summed E-state index contributed by atoms with van der Waals surface area (Å²) in [5.74, 6) is 0. The highest BCUT2D eigenvalue weighted by Crippen LogP contribution is 2.29. The van der Waals surface area contributed by atoms with Gasteiger partial charge in [-0.25, -0.2) is 0 Å². The van der Waals surface area contributed by atoms with Gasteiger partial charge < -0.3 is 14.4 Å². The number of likely N-dealkylation sites (tertiary alicyclic amines) is 1. The highest BCUT2D eigenvalue weighted by Gasteiger charge is 2.23. The van der Waals surface area contributed by atoms with Crippen molar-refractivity contribution in [2.24, 2.45) is 5.41 Å². The Bertz CT molecular complexity index is 213. The lowest BCUT2D eigenvalue weighted by molar-refractivity contribution is -0.141. The molecule has 0 aromatic rings. The maximum atomic E-state index is 5.60. The fraction of sp³-hybridized carbons (Fsp3) is 1.00. The van der Waals surface area contributed by atoms with Gasteiger partial charge in [-0.15, -0.1) is 0 Å². The standard InChI is InChI=1S/C15H31NO2/c1-5-17-14(18-6-2)8-12-16-11-7-9-15(3,4)10-13-16/h14H,5-13H2,1-4H3. The first kappa shape index (κ1) is 15.9. The van der Waals surface area contributed by atoms with Gasteiger partial charge in [0.2, 0.25) is 0 Å². The Morgan fingerprint density at radius 3 is 2.33 bits per heavy atom. The van der Waals surface area contributed by atoms with Crippen molar-refractivity contribution >= 4 is 0 Å². The van der Waals surface area contributed by atoms with Crippen molar-refractivity contribution in [2.75, 3.05) is 32.8 Å². The van der Waals surface area contributed by atoms with Gasteiger partial charge in [-0.05, 0) is 51.6 Å². The molecule has 0 amide bonds. The molecule has 0 atom stereocenters. The van der Waals surface area contributed by atoms with E-state index < -0.39 is 0 Å². The van der Waals surface area contributed by atoms with Crippen molar-refractivity contribution in [1.82, 2.24) is 4.90 Å². The molecule has 108 valence electrons. The number of rotatable bonds is 7. The van der Waals surface area contributed by atoms with Crippen molar-refractivity contribution < 1.29 is 9.47 Å². The minimum atomic E-state index is -0.0173. The van der Waals surface area contributed by atoms with Crippen LogP contribution in [0.5, 0.6) is 0 Å². The maximum absolute atomic E-state index is 5.60. The lowest BCUT2D eigenvalue weighted by Crippen LogP contribution is -2.30. The monoisotopic (exact) mass is 257 g/mol. The van der Waals surface area contributed by atoms with E-state index in [1.54, 1.807) is 0 Å². The zero-order chi connectivity index (χ0) is 13.4. The predicted molar refractivity (Wildman–Crippen MR) is 75.7 cm³/mol. The van der Waals surface area contributed by atoms with Crippen LogP contribution in [-0.2, 0) is 9.47 Å². The van der Waals surface area contributed by atoms with Crippen LogP contribution in [0.2, 0.25) is 0 Å². The first-order valence-electron chi connectivity index (χ1n) is 7.53. The molecular formula is C15H31NO2. The predicted octanol–water partition coefficient (Wildman–Crippen LogP) is 3.29. The van der Waals surface area contributed by atoms with E-state index in [0.717, 1.165) is 26.2 Å². The molecule has 1 saturated heterocycles. The van der Waals surface area contributed by atoms with Crippen molar-refractivity contribution in [1.29, 1.82) is 0 Å². The molecular weight excluding hydrogens is 226 g/mol. The molecule has 1 aliphatic heterocycles. The average Bonchev–Trinajstić information content (AvgIpc) is 2.48. The molecule has 0 bridgehead atoms. The van der Waals surface area contributed by atoms with Gasteiger partial charge in [0.25, 0.3) is 0 Å². The van der Waals surface area contributed by atoms with Gasteiger partial charge in [0, 0.05) is 26.2 Å². The molecule has 1 aliphatic rings. The molecule has 3 heteroatoms. The third-order valence-corrected chi connectivity index (χ3v) is 3.82. The summed E-state index contributed by atoms with van der Waals surface area (Å²) in [6.07, 6.45) is 4.95. The summed E-state index contributed by atoms with van der Waals surface area (Å²) in [6.45, 7) is 13.9. The van der Waals surface area contributed by atoms with Crippen LogP contribution < -0.4 is 0 Å². The molecule has 0 radical (unpaired) electrons. The third-order valence-electron chi connectivity index (χ3n) is 3.82. The highest BCUT2D eigenvalue weighted by molar-refractivity contribution is 4.76. The molecule has 0 saturated carbocycles. The first-order valence-corrected chi connectivity index (χ1v) is 7.53. The van der Waals surface area contributed by atoms with E-state index in [1.165, 1.54) is 32.4 Å². The van der Waals surface area contributed by atoms with Gasteiger partial charge in [0.1, 0.15) is 0 Å². The van der Waals surface area contributed by atoms with E-state index in [4.69, 9.17) is 9.47 Å². The quantitative estimate of drug-likeness (QED) is 0.653. The van der Waals surface area contributed by atoms with E-state index in [1.807, 2.05) is 13.8 Å². The topological polar surface area (TPSA) is 21.7 Å².